The first-order chi connectivity index (χ1) is 7.24. The summed E-state index contributed by atoms with van der Waals surface area (Å²) in [5.41, 5.74) is 0. The van der Waals surface area contributed by atoms with Gasteiger partial charge in [-0.15, -0.1) is 5.10 Å². The minimum atomic E-state index is 0.660. The molecular formula is C9H13BrN4O. The maximum Gasteiger partial charge on any atom is 0.224 e. The zero-order chi connectivity index (χ0) is 10.4. The normalized spacial score (nSPS) is 29.9. The second-order valence-corrected chi connectivity index (χ2v) is 4.98. The molecule has 2 fully saturated rings. The number of aryl methyl sites for hydroxylation is 1. The molecule has 82 valence electrons. The number of hydrogen-bond acceptors (Lipinski definition) is 4. The summed E-state index contributed by atoms with van der Waals surface area (Å²) in [5, 5.41) is 4.20. The van der Waals surface area contributed by atoms with Crippen molar-refractivity contribution in [1.82, 2.24) is 14.8 Å². The Morgan fingerprint density at radius 1 is 1.33 bits per heavy atom. The van der Waals surface area contributed by atoms with E-state index < -0.39 is 0 Å². The van der Waals surface area contributed by atoms with E-state index in [0.717, 1.165) is 32.3 Å². The number of fused-ring (bicyclic) bond motifs is 1. The monoisotopic (exact) mass is 272 g/mol. The first-order valence-electron chi connectivity index (χ1n) is 5.13. The van der Waals surface area contributed by atoms with E-state index in [1.54, 1.807) is 0 Å². The van der Waals surface area contributed by atoms with E-state index in [1.165, 1.54) is 0 Å². The molecule has 0 bridgehead atoms. The first kappa shape index (κ1) is 9.59. The van der Waals surface area contributed by atoms with Crippen LogP contribution in [0.25, 0.3) is 0 Å². The molecule has 0 aliphatic carbocycles. The third-order valence-electron chi connectivity index (χ3n) is 3.24. The zero-order valence-corrected chi connectivity index (χ0v) is 10.1. The van der Waals surface area contributed by atoms with E-state index in [2.05, 4.69) is 30.9 Å². The van der Waals surface area contributed by atoms with Crippen molar-refractivity contribution in [1.29, 1.82) is 0 Å². The van der Waals surface area contributed by atoms with Gasteiger partial charge in [0.1, 0.15) is 0 Å². The van der Waals surface area contributed by atoms with Crippen LogP contribution in [0.3, 0.4) is 0 Å². The predicted octanol–water partition coefficient (Wildman–Crippen LogP) is 0.660. The molecule has 0 spiro atoms. The van der Waals surface area contributed by atoms with Crippen LogP contribution in [0.1, 0.15) is 0 Å². The number of ether oxygens (including phenoxy) is 1. The van der Waals surface area contributed by atoms with Gasteiger partial charge in [-0.2, -0.15) is 4.98 Å². The van der Waals surface area contributed by atoms with Crippen LogP contribution in [0, 0.1) is 11.8 Å². The molecule has 5 nitrogen and oxygen atoms in total. The number of nitrogens with zero attached hydrogens (tertiary/aromatic N) is 4. The Morgan fingerprint density at radius 3 is 2.53 bits per heavy atom. The molecule has 3 heterocycles. The second kappa shape index (κ2) is 3.45. The minimum absolute atomic E-state index is 0.660. The Labute approximate surface area is 96.5 Å². The second-order valence-electron chi connectivity index (χ2n) is 4.27. The average Bonchev–Trinajstić information content (AvgIpc) is 2.77. The largest absolute Gasteiger partial charge is 0.381 e. The predicted molar refractivity (Wildman–Crippen MR) is 58.7 cm³/mol. The topological polar surface area (TPSA) is 43.2 Å². The van der Waals surface area contributed by atoms with Gasteiger partial charge in [0.15, 0.2) is 0 Å². The van der Waals surface area contributed by atoms with E-state index in [-0.39, 0.29) is 0 Å². The fourth-order valence-corrected chi connectivity index (χ4v) is 2.87. The van der Waals surface area contributed by atoms with E-state index in [4.69, 9.17) is 4.74 Å². The number of rotatable bonds is 1. The average molecular weight is 273 g/mol. The Hall–Kier alpha value is -0.620. The Bertz CT molecular complexity index is 368. The lowest BCUT2D eigenvalue weighted by molar-refractivity contribution is 0.177. The lowest BCUT2D eigenvalue weighted by Crippen LogP contribution is -2.25. The molecule has 0 aromatic carbocycles. The molecule has 2 atom stereocenters. The molecule has 0 amide bonds. The number of anilines is 1. The highest BCUT2D eigenvalue weighted by Gasteiger charge is 2.38. The summed E-state index contributed by atoms with van der Waals surface area (Å²) < 4.78 is 7.94. The highest BCUT2D eigenvalue weighted by Crippen LogP contribution is 2.31. The van der Waals surface area contributed by atoms with Crippen LogP contribution in [0.5, 0.6) is 0 Å². The van der Waals surface area contributed by atoms with Crippen LogP contribution < -0.4 is 4.90 Å². The number of aromatic nitrogens is 3. The van der Waals surface area contributed by atoms with Gasteiger partial charge in [0, 0.05) is 32.0 Å². The van der Waals surface area contributed by atoms with Crippen molar-refractivity contribution in [2.45, 2.75) is 0 Å². The van der Waals surface area contributed by atoms with E-state index in [1.807, 2.05) is 11.7 Å². The molecule has 2 saturated heterocycles. The summed E-state index contributed by atoms with van der Waals surface area (Å²) in [5.74, 6) is 2.32. The van der Waals surface area contributed by atoms with Crippen molar-refractivity contribution >= 4 is 21.9 Å². The number of hydrogen-bond donors (Lipinski definition) is 0. The van der Waals surface area contributed by atoms with Crippen LogP contribution in [-0.4, -0.2) is 41.1 Å². The van der Waals surface area contributed by atoms with Gasteiger partial charge in [0.2, 0.25) is 10.7 Å². The van der Waals surface area contributed by atoms with Crippen molar-refractivity contribution in [3.05, 3.63) is 4.73 Å². The van der Waals surface area contributed by atoms with Gasteiger partial charge in [-0.25, -0.2) is 4.68 Å². The summed E-state index contributed by atoms with van der Waals surface area (Å²) in [7, 11) is 1.93. The van der Waals surface area contributed by atoms with Crippen LogP contribution in [0.2, 0.25) is 0 Å². The smallest absolute Gasteiger partial charge is 0.224 e. The van der Waals surface area contributed by atoms with Crippen LogP contribution in [0.15, 0.2) is 4.73 Å². The maximum absolute atomic E-state index is 5.45. The molecule has 0 saturated carbocycles. The summed E-state index contributed by atoms with van der Waals surface area (Å²) in [6, 6.07) is 0. The van der Waals surface area contributed by atoms with Gasteiger partial charge >= 0.3 is 0 Å². The molecule has 6 heteroatoms. The van der Waals surface area contributed by atoms with E-state index in [0.29, 0.717) is 16.6 Å². The van der Waals surface area contributed by atoms with Crippen molar-refractivity contribution in [3.8, 4) is 0 Å². The van der Waals surface area contributed by atoms with Crippen molar-refractivity contribution in [2.24, 2.45) is 18.9 Å². The molecule has 2 unspecified atom stereocenters. The Kier molecular flexibility index (Phi) is 2.21. The van der Waals surface area contributed by atoms with E-state index >= 15 is 0 Å². The zero-order valence-electron chi connectivity index (χ0n) is 8.56. The molecular weight excluding hydrogens is 260 g/mol. The fourth-order valence-electron chi connectivity index (χ4n) is 2.47. The first-order valence-corrected chi connectivity index (χ1v) is 5.92. The van der Waals surface area contributed by atoms with Crippen LogP contribution >= 0.6 is 15.9 Å². The summed E-state index contributed by atoms with van der Waals surface area (Å²) in [6.07, 6.45) is 0. The van der Waals surface area contributed by atoms with Gasteiger partial charge < -0.3 is 9.64 Å². The minimum Gasteiger partial charge on any atom is -0.381 e. The van der Waals surface area contributed by atoms with Crippen molar-refractivity contribution in [3.63, 3.8) is 0 Å². The Balaban J connectivity index is 1.82. The molecule has 15 heavy (non-hydrogen) atoms. The summed E-state index contributed by atoms with van der Waals surface area (Å²) >= 11 is 3.30. The van der Waals surface area contributed by atoms with Crippen molar-refractivity contribution < 1.29 is 4.74 Å². The van der Waals surface area contributed by atoms with E-state index in [9.17, 15) is 0 Å². The molecule has 3 rings (SSSR count). The molecule has 2 aliphatic rings. The van der Waals surface area contributed by atoms with Crippen LogP contribution in [0.4, 0.5) is 5.95 Å². The molecule has 2 aliphatic heterocycles. The highest BCUT2D eigenvalue weighted by molar-refractivity contribution is 9.10. The molecule has 0 N–H and O–H groups in total. The van der Waals surface area contributed by atoms with Crippen molar-refractivity contribution in [2.75, 3.05) is 31.2 Å². The number of halogens is 1. The maximum atomic E-state index is 5.45. The van der Waals surface area contributed by atoms with Gasteiger partial charge in [-0.1, -0.05) is 0 Å². The highest BCUT2D eigenvalue weighted by atomic mass is 79.9. The van der Waals surface area contributed by atoms with Crippen LogP contribution in [-0.2, 0) is 11.8 Å². The lowest BCUT2D eigenvalue weighted by atomic mass is 10.0. The summed E-state index contributed by atoms with van der Waals surface area (Å²) in [6.45, 7) is 3.90. The molecule has 0 radical (unpaired) electrons. The Morgan fingerprint density at radius 2 is 2.00 bits per heavy atom. The lowest BCUT2D eigenvalue weighted by Gasteiger charge is -2.16. The summed E-state index contributed by atoms with van der Waals surface area (Å²) in [4.78, 5) is 6.67. The third-order valence-corrected chi connectivity index (χ3v) is 3.57. The molecule has 1 aromatic heterocycles. The third kappa shape index (κ3) is 1.56. The van der Waals surface area contributed by atoms with Gasteiger partial charge in [0.25, 0.3) is 0 Å². The SMILES string of the molecule is Cn1nc(Br)nc1N1CC2COCC2C1. The van der Waals surface area contributed by atoms with Gasteiger partial charge in [0.05, 0.1) is 13.2 Å². The fraction of sp³-hybridized carbons (Fsp3) is 0.778. The molecule has 1 aromatic rings. The standard InChI is InChI=1S/C9H13BrN4O/c1-13-9(11-8(10)12-13)14-2-6-4-15-5-7(6)3-14/h6-7H,2-5H2,1H3. The van der Waals surface area contributed by atoms with Gasteiger partial charge in [-0.3, -0.25) is 0 Å². The quantitative estimate of drug-likeness (QED) is 0.754. The van der Waals surface area contributed by atoms with Gasteiger partial charge in [-0.05, 0) is 15.9 Å².